The van der Waals surface area contributed by atoms with Gasteiger partial charge in [0.1, 0.15) is 18.4 Å². The first-order valence-electron chi connectivity index (χ1n) is 7.63. The van der Waals surface area contributed by atoms with E-state index in [2.05, 4.69) is 27.0 Å². The number of nitrogens with zero attached hydrogens (tertiary/aromatic N) is 3. The zero-order valence-electron chi connectivity index (χ0n) is 13.0. The number of ether oxygens (including phenoxy) is 1. The maximum atomic E-state index is 9.60. The second-order valence-electron chi connectivity index (χ2n) is 5.83. The molecule has 7 heteroatoms. The SMILES string of the molecule is N#CC1C(=N)Oc2c(ccc3c2ccn3CO)C1c1cncc(Br)c1. The molecule has 2 aromatic heterocycles. The molecule has 2 unspecified atom stereocenters. The highest BCUT2D eigenvalue weighted by Gasteiger charge is 2.38. The van der Waals surface area contributed by atoms with Crippen LogP contribution in [0.4, 0.5) is 0 Å². The van der Waals surface area contributed by atoms with Gasteiger partial charge in [0.15, 0.2) is 0 Å². The average Bonchev–Trinajstić information content (AvgIpc) is 3.04. The Bertz CT molecular complexity index is 1040. The third-order valence-electron chi connectivity index (χ3n) is 4.47. The minimum atomic E-state index is -0.721. The minimum absolute atomic E-state index is 0.0794. The number of benzene rings is 1. The number of nitriles is 1. The van der Waals surface area contributed by atoms with E-state index in [1.165, 1.54) is 0 Å². The van der Waals surface area contributed by atoms with Crippen molar-refractivity contribution in [3.05, 3.63) is 58.5 Å². The van der Waals surface area contributed by atoms with Crippen molar-refractivity contribution >= 4 is 32.7 Å². The van der Waals surface area contributed by atoms with E-state index in [1.807, 2.05) is 24.3 Å². The zero-order valence-corrected chi connectivity index (χ0v) is 14.6. The number of aliphatic hydroxyl groups is 1. The van der Waals surface area contributed by atoms with Gasteiger partial charge in [0.2, 0.25) is 5.90 Å². The summed E-state index contributed by atoms with van der Waals surface area (Å²) >= 11 is 3.42. The standard InChI is InChI=1S/C18H13BrN4O2/c19-11-5-10(7-22-8-11)16-13-1-2-15-12(3-4-23(15)9-24)17(13)25-18(21)14(16)6-20/h1-5,7-8,14,16,21,24H,9H2. The molecule has 3 heterocycles. The Morgan fingerprint density at radius 1 is 1.36 bits per heavy atom. The summed E-state index contributed by atoms with van der Waals surface area (Å²) in [5, 5.41) is 28.1. The molecule has 0 bridgehead atoms. The summed E-state index contributed by atoms with van der Waals surface area (Å²) in [6.07, 6.45) is 5.16. The Morgan fingerprint density at radius 3 is 2.92 bits per heavy atom. The van der Waals surface area contributed by atoms with Gasteiger partial charge < -0.3 is 14.4 Å². The van der Waals surface area contributed by atoms with Crippen LogP contribution < -0.4 is 4.74 Å². The fourth-order valence-electron chi connectivity index (χ4n) is 3.35. The molecule has 0 fully saturated rings. The van der Waals surface area contributed by atoms with Crippen LogP contribution in [-0.4, -0.2) is 20.6 Å². The third kappa shape index (κ3) is 2.42. The molecule has 25 heavy (non-hydrogen) atoms. The number of aromatic nitrogens is 2. The number of aliphatic hydroxyl groups excluding tert-OH is 1. The Kier molecular flexibility index (Phi) is 3.79. The minimum Gasteiger partial charge on any atom is -0.441 e. The Labute approximate surface area is 151 Å². The fourth-order valence-corrected chi connectivity index (χ4v) is 3.73. The first-order valence-corrected chi connectivity index (χ1v) is 8.42. The molecule has 2 N–H and O–H groups in total. The van der Waals surface area contributed by atoms with E-state index in [9.17, 15) is 10.4 Å². The van der Waals surface area contributed by atoms with Crippen LogP contribution in [0.3, 0.4) is 0 Å². The van der Waals surface area contributed by atoms with E-state index in [-0.39, 0.29) is 18.5 Å². The van der Waals surface area contributed by atoms with Crippen molar-refractivity contribution in [2.45, 2.75) is 12.6 Å². The summed E-state index contributed by atoms with van der Waals surface area (Å²) < 4.78 is 8.22. The molecule has 1 aliphatic rings. The molecule has 0 saturated heterocycles. The lowest BCUT2D eigenvalue weighted by atomic mass is 9.79. The molecular weight excluding hydrogens is 384 g/mol. The van der Waals surface area contributed by atoms with Gasteiger partial charge in [-0.3, -0.25) is 10.4 Å². The fraction of sp³-hybridized carbons (Fsp3) is 0.167. The van der Waals surface area contributed by atoms with Gasteiger partial charge in [-0.1, -0.05) is 6.07 Å². The molecule has 6 nitrogen and oxygen atoms in total. The van der Waals surface area contributed by atoms with Crippen LogP contribution in [0.15, 0.2) is 47.3 Å². The Morgan fingerprint density at radius 2 is 2.20 bits per heavy atom. The van der Waals surface area contributed by atoms with E-state index in [0.29, 0.717) is 5.75 Å². The van der Waals surface area contributed by atoms with Crippen LogP contribution in [0.5, 0.6) is 5.75 Å². The summed E-state index contributed by atoms with van der Waals surface area (Å²) in [6, 6.07) is 9.74. The second kappa shape index (κ2) is 5.99. The lowest BCUT2D eigenvalue weighted by molar-refractivity contribution is 0.215. The molecular formula is C18H13BrN4O2. The van der Waals surface area contributed by atoms with E-state index in [0.717, 1.165) is 26.5 Å². The topological polar surface area (TPSA) is 94.9 Å². The average molecular weight is 397 g/mol. The third-order valence-corrected chi connectivity index (χ3v) is 4.91. The van der Waals surface area contributed by atoms with Gasteiger partial charge in [0.05, 0.1) is 11.6 Å². The predicted octanol–water partition coefficient (Wildman–Crippen LogP) is 3.39. The van der Waals surface area contributed by atoms with Crippen molar-refractivity contribution in [3.8, 4) is 11.8 Å². The van der Waals surface area contributed by atoms with Gasteiger partial charge in [0.25, 0.3) is 0 Å². The summed E-state index contributed by atoms with van der Waals surface area (Å²) in [5.41, 5.74) is 2.50. The van der Waals surface area contributed by atoms with Crippen molar-refractivity contribution in [1.29, 1.82) is 10.7 Å². The van der Waals surface area contributed by atoms with E-state index >= 15 is 0 Å². The summed E-state index contributed by atoms with van der Waals surface area (Å²) in [7, 11) is 0. The largest absolute Gasteiger partial charge is 0.441 e. The molecule has 0 aliphatic carbocycles. The molecule has 1 aliphatic heterocycles. The number of hydrogen-bond donors (Lipinski definition) is 2. The van der Waals surface area contributed by atoms with Crippen LogP contribution in [0.1, 0.15) is 17.0 Å². The normalized spacial score (nSPS) is 19.3. The predicted molar refractivity (Wildman–Crippen MR) is 95.4 cm³/mol. The number of fused-ring (bicyclic) bond motifs is 3. The maximum Gasteiger partial charge on any atom is 0.205 e. The van der Waals surface area contributed by atoms with Crippen molar-refractivity contribution in [1.82, 2.24) is 9.55 Å². The maximum absolute atomic E-state index is 9.60. The van der Waals surface area contributed by atoms with Crippen molar-refractivity contribution in [2.75, 3.05) is 0 Å². The molecule has 0 spiro atoms. The van der Waals surface area contributed by atoms with Crippen molar-refractivity contribution < 1.29 is 9.84 Å². The zero-order chi connectivity index (χ0) is 17.6. The van der Waals surface area contributed by atoms with Crippen molar-refractivity contribution in [3.63, 3.8) is 0 Å². The smallest absolute Gasteiger partial charge is 0.205 e. The Hall–Kier alpha value is -2.69. The first-order chi connectivity index (χ1) is 12.1. The number of pyridine rings is 1. The monoisotopic (exact) mass is 396 g/mol. The summed E-state index contributed by atoms with van der Waals surface area (Å²) in [6.45, 7) is -0.139. The van der Waals surface area contributed by atoms with Crippen LogP contribution >= 0.6 is 15.9 Å². The van der Waals surface area contributed by atoms with Gasteiger partial charge in [0, 0.05) is 39.9 Å². The first kappa shape index (κ1) is 15.8. The molecule has 4 rings (SSSR count). The highest BCUT2D eigenvalue weighted by Crippen LogP contribution is 2.45. The number of hydrogen-bond acceptors (Lipinski definition) is 5. The van der Waals surface area contributed by atoms with Gasteiger partial charge in [-0.15, -0.1) is 0 Å². The van der Waals surface area contributed by atoms with Gasteiger partial charge >= 0.3 is 0 Å². The highest BCUT2D eigenvalue weighted by molar-refractivity contribution is 9.10. The number of halogens is 1. The van der Waals surface area contributed by atoms with Crippen LogP contribution in [0.2, 0.25) is 0 Å². The van der Waals surface area contributed by atoms with Crippen LogP contribution in [0, 0.1) is 22.7 Å². The van der Waals surface area contributed by atoms with E-state index in [4.69, 9.17) is 10.1 Å². The van der Waals surface area contributed by atoms with E-state index < -0.39 is 5.92 Å². The lowest BCUT2D eigenvalue weighted by Crippen LogP contribution is -2.31. The van der Waals surface area contributed by atoms with Crippen LogP contribution in [0.25, 0.3) is 10.9 Å². The second-order valence-corrected chi connectivity index (χ2v) is 6.75. The molecule has 2 atom stereocenters. The van der Waals surface area contributed by atoms with Gasteiger partial charge in [-0.2, -0.15) is 5.26 Å². The quantitative estimate of drug-likeness (QED) is 0.693. The molecule has 3 aromatic rings. The van der Waals surface area contributed by atoms with Gasteiger partial charge in [-0.05, 0) is 39.7 Å². The molecule has 0 amide bonds. The number of rotatable bonds is 2. The Balaban J connectivity index is 1.98. The summed E-state index contributed by atoms with van der Waals surface area (Å²) in [4.78, 5) is 4.20. The number of nitrogens with one attached hydrogen (secondary N) is 1. The molecule has 0 saturated carbocycles. The highest BCUT2D eigenvalue weighted by atomic mass is 79.9. The van der Waals surface area contributed by atoms with Crippen molar-refractivity contribution in [2.24, 2.45) is 5.92 Å². The molecule has 124 valence electrons. The summed E-state index contributed by atoms with van der Waals surface area (Å²) in [5.74, 6) is -0.579. The van der Waals surface area contributed by atoms with E-state index in [1.54, 1.807) is 23.2 Å². The molecule has 1 aromatic carbocycles. The van der Waals surface area contributed by atoms with Gasteiger partial charge in [-0.25, -0.2) is 0 Å². The molecule has 0 radical (unpaired) electrons. The van der Waals surface area contributed by atoms with Crippen LogP contribution in [-0.2, 0) is 6.73 Å². The lowest BCUT2D eigenvalue weighted by Gasteiger charge is -2.30.